The van der Waals surface area contributed by atoms with Crippen LogP contribution in [-0.2, 0) is 12.8 Å². The van der Waals surface area contributed by atoms with Crippen LogP contribution in [0.25, 0.3) is 11.4 Å². The van der Waals surface area contributed by atoms with Crippen LogP contribution in [0.4, 0.5) is 0 Å². The van der Waals surface area contributed by atoms with Crippen molar-refractivity contribution >= 4 is 0 Å². The van der Waals surface area contributed by atoms with Gasteiger partial charge in [0.25, 0.3) is 0 Å². The average molecular weight is 257 g/mol. The van der Waals surface area contributed by atoms with Crippen LogP contribution in [0, 0.1) is 18.8 Å². The van der Waals surface area contributed by atoms with E-state index in [0.717, 1.165) is 24.2 Å². The zero-order valence-electron chi connectivity index (χ0n) is 11.6. The lowest BCUT2D eigenvalue weighted by Gasteiger charge is -2.24. The Kier molecular flexibility index (Phi) is 2.81. The van der Waals surface area contributed by atoms with E-state index in [1.807, 2.05) is 6.92 Å². The largest absolute Gasteiger partial charge is 0.364 e. The van der Waals surface area contributed by atoms with Crippen molar-refractivity contribution in [2.75, 3.05) is 0 Å². The summed E-state index contributed by atoms with van der Waals surface area (Å²) in [5, 5.41) is 0. The second-order valence-electron chi connectivity index (χ2n) is 5.77. The lowest BCUT2D eigenvalue weighted by Crippen LogP contribution is -2.20. The molecule has 19 heavy (non-hydrogen) atoms. The van der Waals surface area contributed by atoms with Crippen LogP contribution < -0.4 is 5.43 Å². The van der Waals surface area contributed by atoms with Crippen molar-refractivity contribution in [1.82, 2.24) is 15.0 Å². The number of nitrogens with one attached hydrogen (secondary N) is 2. The monoisotopic (exact) mass is 257 g/mol. The van der Waals surface area contributed by atoms with Gasteiger partial charge >= 0.3 is 0 Å². The van der Waals surface area contributed by atoms with Crippen molar-refractivity contribution in [3.05, 3.63) is 39.6 Å². The fourth-order valence-electron chi connectivity index (χ4n) is 2.70. The molecule has 4 nitrogen and oxygen atoms in total. The quantitative estimate of drug-likeness (QED) is 0.824. The molecule has 2 aromatic heterocycles. The molecule has 0 saturated heterocycles. The fraction of sp³-hybridized carbons (Fsp3) is 0.467. The van der Waals surface area contributed by atoms with Crippen LogP contribution in [0.2, 0.25) is 0 Å². The van der Waals surface area contributed by atoms with Gasteiger partial charge in [-0.25, -0.2) is 4.98 Å². The molecule has 0 spiro atoms. The van der Waals surface area contributed by atoms with Crippen LogP contribution in [-0.4, -0.2) is 15.0 Å². The van der Waals surface area contributed by atoms with Gasteiger partial charge in [0.05, 0.1) is 11.3 Å². The molecule has 0 amide bonds. The summed E-state index contributed by atoms with van der Waals surface area (Å²) < 4.78 is 0. The summed E-state index contributed by atoms with van der Waals surface area (Å²) in [6.45, 7) is 6.41. The third kappa shape index (κ3) is 2.11. The van der Waals surface area contributed by atoms with Crippen molar-refractivity contribution in [2.45, 2.75) is 33.6 Å². The molecule has 1 aliphatic rings. The van der Waals surface area contributed by atoms with Crippen molar-refractivity contribution in [3.8, 4) is 11.4 Å². The van der Waals surface area contributed by atoms with Crippen LogP contribution in [0.3, 0.4) is 0 Å². The van der Waals surface area contributed by atoms with Gasteiger partial charge in [-0.2, -0.15) is 0 Å². The molecule has 4 heteroatoms. The molecule has 3 rings (SSSR count). The van der Waals surface area contributed by atoms with Gasteiger partial charge in [0.15, 0.2) is 5.43 Å². The summed E-state index contributed by atoms with van der Waals surface area (Å²) in [7, 11) is 0. The minimum atomic E-state index is 0.0171. The second-order valence-corrected chi connectivity index (χ2v) is 5.77. The maximum Gasteiger partial charge on any atom is 0.192 e. The number of aryl methyl sites for hydroxylation is 1. The number of fused-ring (bicyclic) bond motifs is 1. The van der Waals surface area contributed by atoms with Crippen molar-refractivity contribution < 1.29 is 0 Å². The highest BCUT2D eigenvalue weighted by Crippen LogP contribution is 2.29. The maximum atomic E-state index is 12.0. The van der Waals surface area contributed by atoms with E-state index in [1.165, 1.54) is 5.69 Å². The second kappa shape index (κ2) is 4.37. The van der Waals surface area contributed by atoms with Crippen LogP contribution in [0.5, 0.6) is 0 Å². The number of rotatable bonds is 1. The number of imidazole rings is 1. The van der Waals surface area contributed by atoms with Crippen LogP contribution >= 0.6 is 0 Å². The Morgan fingerprint density at radius 2 is 2.00 bits per heavy atom. The topological polar surface area (TPSA) is 61.5 Å². The molecule has 0 bridgehead atoms. The number of pyridine rings is 1. The lowest BCUT2D eigenvalue weighted by molar-refractivity contribution is 0.355. The predicted molar refractivity (Wildman–Crippen MR) is 75.1 cm³/mol. The van der Waals surface area contributed by atoms with Gasteiger partial charge in [-0.05, 0) is 31.6 Å². The van der Waals surface area contributed by atoms with E-state index >= 15 is 0 Å². The molecule has 0 radical (unpaired) electrons. The van der Waals surface area contributed by atoms with E-state index in [1.54, 1.807) is 12.3 Å². The summed E-state index contributed by atoms with van der Waals surface area (Å²) in [5.74, 6) is 2.02. The van der Waals surface area contributed by atoms with Crippen molar-refractivity contribution in [2.24, 2.45) is 11.8 Å². The molecule has 1 aliphatic carbocycles. The van der Waals surface area contributed by atoms with Crippen molar-refractivity contribution in [3.63, 3.8) is 0 Å². The highest BCUT2D eigenvalue weighted by atomic mass is 16.1. The smallest absolute Gasteiger partial charge is 0.192 e. The fourth-order valence-corrected chi connectivity index (χ4v) is 2.70. The van der Waals surface area contributed by atoms with E-state index in [9.17, 15) is 4.79 Å². The number of H-pyrrole nitrogens is 2. The lowest BCUT2D eigenvalue weighted by atomic mass is 9.82. The molecule has 2 atom stereocenters. The summed E-state index contributed by atoms with van der Waals surface area (Å²) in [4.78, 5) is 23.0. The van der Waals surface area contributed by atoms with Gasteiger partial charge in [0.2, 0.25) is 0 Å². The number of aromatic nitrogens is 3. The van der Waals surface area contributed by atoms with Crippen molar-refractivity contribution in [1.29, 1.82) is 0 Å². The normalized spacial score (nSPS) is 22.3. The van der Waals surface area contributed by atoms with E-state index in [-0.39, 0.29) is 5.43 Å². The van der Waals surface area contributed by atoms with Gasteiger partial charge < -0.3 is 9.97 Å². The first kappa shape index (κ1) is 12.2. The average Bonchev–Trinajstić information content (AvgIpc) is 2.72. The summed E-state index contributed by atoms with van der Waals surface area (Å²) >= 11 is 0. The SMILES string of the molecule is Cc1cc(=O)c(-c2nc3c([nH]2)CC(C)C(C)C3)c[nH]1. The van der Waals surface area contributed by atoms with E-state index in [2.05, 4.69) is 28.8 Å². The Morgan fingerprint density at radius 1 is 1.26 bits per heavy atom. The number of nitrogens with zero attached hydrogens (tertiary/aromatic N) is 1. The molecule has 2 heterocycles. The third-order valence-corrected chi connectivity index (χ3v) is 4.19. The van der Waals surface area contributed by atoms with E-state index < -0.39 is 0 Å². The molecule has 2 unspecified atom stereocenters. The Labute approximate surface area is 112 Å². The molecule has 2 N–H and O–H groups in total. The highest BCUT2D eigenvalue weighted by Gasteiger charge is 2.25. The Morgan fingerprint density at radius 3 is 2.74 bits per heavy atom. The molecular weight excluding hydrogens is 238 g/mol. The molecule has 0 fully saturated rings. The minimum absolute atomic E-state index is 0.0171. The van der Waals surface area contributed by atoms with Gasteiger partial charge in [0.1, 0.15) is 5.82 Å². The van der Waals surface area contributed by atoms with Crippen LogP contribution in [0.1, 0.15) is 30.9 Å². The van der Waals surface area contributed by atoms with Gasteiger partial charge in [-0.15, -0.1) is 0 Å². The Hall–Kier alpha value is -1.84. The molecule has 100 valence electrons. The molecule has 0 saturated carbocycles. The van der Waals surface area contributed by atoms with Gasteiger partial charge in [-0.1, -0.05) is 13.8 Å². The minimum Gasteiger partial charge on any atom is -0.364 e. The first-order chi connectivity index (χ1) is 9.04. The maximum absolute atomic E-state index is 12.0. The number of aromatic amines is 2. The molecule has 0 aliphatic heterocycles. The summed E-state index contributed by atoms with van der Waals surface area (Å²) in [6.07, 6.45) is 3.76. The molecule has 2 aromatic rings. The third-order valence-electron chi connectivity index (χ3n) is 4.19. The number of hydrogen-bond donors (Lipinski definition) is 2. The predicted octanol–water partition coefficient (Wildman–Crippen LogP) is 2.44. The standard InChI is InChI=1S/C15H19N3O/c1-8-4-12-13(5-9(8)2)18-15(17-12)11-7-16-10(3)6-14(11)19/h6-9H,4-5H2,1-3H3,(H,16,19)(H,17,18). The zero-order chi connectivity index (χ0) is 13.6. The zero-order valence-corrected chi connectivity index (χ0v) is 11.6. The highest BCUT2D eigenvalue weighted by molar-refractivity contribution is 5.54. The first-order valence-corrected chi connectivity index (χ1v) is 6.82. The van der Waals surface area contributed by atoms with E-state index in [0.29, 0.717) is 23.2 Å². The Bertz CT molecular complexity index is 641. The summed E-state index contributed by atoms with van der Waals surface area (Å²) in [5.41, 5.74) is 3.83. The van der Waals surface area contributed by atoms with E-state index in [4.69, 9.17) is 0 Å². The van der Waals surface area contributed by atoms with Gasteiger partial charge in [0, 0.05) is 23.7 Å². The molecular formula is C15H19N3O. The first-order valence-electron chi connectivity index (χ1n) is 6.82. The number of hydrogen-bond acceptors (Lipinski definition) is 2. The van der Waals surface area contributed by atoms with Crippen LogP contribution in [0.15, 0.2) is 17.1 Å². The Balaban J connectivity index is 2.04. The van der Waals surface area contributed by atoms with Gasteiger partial charge in [-0.3, -0.25) is 4.79 Å². The molecule has 0 aromatic carbocycles. The summed E-state index contributed by atoms with van der Waals surface area (Å²) in [6, 6.07) is 1.61.